The topological polar surface area (TPSA) is 79.8 Å². The molecule has 0 N–H and O–H groups in total. The monoisotopic (exact) mass is 199 g/mol. The highest BCUT2D eigenvalue weighted by atomic mass is 16.6. The lowest BCUT2D eigenvalue weighted by atomic mass is 10.1. The van der Waals surface area contributed by atoms with Gasteiger partial charge < -0.3 is 0 Å². The van der Waals surface area contributed by atoms with Gasteiger partial charge in [0.05, 0.1) is 16.6 Å². The molecule has 1 aromatic heterocycles. The fourth-order valence-corrected chi connectivity index (χ4v) is 1.41. The minimum Gasteiger partial charge on any atom is -0.258 e. The Morgan fingerprint density at radius 1 is 1.40 bits per heavy atom. The van der Waals surface area contributed by atoms with Gasteiger partial charge in [0.15, 0.2) is 0 Å². The Morgan fingerprint density at radius 2 is 2.20 bits per heavy atom. The highest BCUT2D eigenvalue weighted by Crippen LogP contribution is 2.24. The van der Waals surface area contributed by atoms with Crippen LogP contribution in [0.1, 0.15) is 5.56 Å². The molecule has 0 aliphatic carbocycles. The van der Waals surface area contributed by atoms with E-state index in [2.05, 4.69) is 4.98 Å². The molecule has 15 heavy (non-hydrogen) atoms. The minimum atomic E-state index is -0.503. The molecule has 0 spiro atoms. The second-order valence-corrected chi connectivity index (χ2v) is 2.90. The first kappa shape index (κ1) is 9.09. The van der Waals surface area contributed by atoms with Crippen molar-refractivity contribution in [2.75, 3.05) is 0 Å². The Kier molecular flexibility index (Phi) is 2.03. The van der Waals surface area contributed by atoms with Crippen LogP contribution in [0.3, 0.4) is 0 Å². The van der Waals surface area contributed by atoms with Crippen molar-refractivity contribution in [3.8, 4) is 6.07 Å². The van der Waals surface area contributed by atoms with Gasteiger partial charge in [0, 0.05) is 17.6 Å². The number of nitro benzene ring substituents is 1. The van der Waals surface area contributed by atoms with Crippen molar-refractivity contribution in [2.45, 2.75) is 0 Å². The molecule has 72 valence electrons. The van der Waals surface area contributed by atoms with Gasteiger partial charge in [0.1, 0.15) is 5.52 Å². The summed E-state index contributed by atoms with van der Waals surface area (Å²) in [5.41, 5.74) is 0.565. The van der Waals surface area contributed by atoms with Crippen molar-refractivity contribution in [3.63, 3.8) is 0 Å². The fraction of sp³-hybridized carbons (Fsp3) is 0. The van der Waals surface area contributed by atoms with Crippen LogP contribution in [0.4, 0.5) is 5.69 Å². The maximum atomic E-state index is 10.7. The number of nitro groups is 1. The number of nitrogens with zero attached hydrogens (tertiary/aromatic N) is 3. The molecule has 0 saturated carbocycles. The number of para-hydroxylation sites is 1. The Labute approximate surface area is 84.7 Å². The van der Waals surface area contributed by atoms with Crippen molar-refractivity contribution in [1.29, 1.82) is 5.26 Å². The van der Waals surface area contributed by atoms with E-state index < -0.39 is 4.92 Å². The number of nitriles is 1. The largest absolute Gasteiger partial charge is 0.295 e. The quantitative estimate of drug-likeness (QED) is 0.519. The van der Waals surface area contributed by atoms with Gasteiger partial charge in [-0.1, -0.05) is 12.1 Å². The molecule has 0 aliphatic heterocycles. The van der Waals surface area contributed by atoms with Gasteiger partial charge in [-0.15, -0.1) is 0 Å². The third kappa shape index (κ3) is 1.38. The van der Waals surface area contributed by atoms with Crippen LogP contribution in [0.25, 0.3) is 10.9 Å². The van der Waals surface area contributed by atoms with Crippen LogP contribution in [0.2, 0.25) is 0 Å². The smallest absolute Gasteiger partial charge is 0.258 e. The maximum Gasteiger partial charge on any atom is 0.295 e. The lowest BCUT2D eigenvalue weighted by Crippen LogP contribution is -1.92. The lowest BCUT2D eigenvalue weighted by Gasteiger charge is -1.99. The summed E-state index contributed by atoms with van der Waals surface area (Å²) in [7, 11) is 0. The Bertz CT molecular complexity index is 587. The van der Waals surface area contributed by atoms with E-state index in [0.717, 1.165) is 0 Å². The molecule has 5 heteroatoms. The van der Waals surface area contributed by atoms with Crippen LogP contribution in [0.5, 0.6) is 0 Å². The Balaban J connectivity index is 2.90. The number of rotatable bonds is 1. The van der Waals surface area contributed by atoms with Gasteiger partial charge in [0.25, 0.3) is 5.69 Å². The molecule has 0 saturated heterocycles. The summed E-state index contributed by atoms with van der Waals surface area (Å²) in [6, 6.07) is 8.07. The Hall–Kier alpha value is -2.48. The molecule has 1 aromatic carbocycles. The second-order valence-electron chi connectivity index (χ2n) is 2.90. The molecule has 0 amide bonds. The van der Waals surface area contributed by atoms with Gasteiger partial charge >= 0.3 is 0 Å². The van der Waals surface area contributed by atoms with E-state index >= 15 is 0 Å². The zero-order valence-electron chi connectivity index (χ0n) is 7.54. The summed E-state index contributed by atoms with van der Waals surface area (Å²) in [6.45, 7) is 0. The summed E-state index contributed by atoms with van der Waals surface area (Å²) in [5.74, 6) is 0. The van der Waals surface area contributed by atoms with Crippen LogP contribution in [0.15, 0.2) is 30.5 Å². The predicted molar refractivity (Wildman–Crippen MR) is 53.1 cm³/mol. The second kappa shape index (κ2) is 3.35. The molecule has 1 heterocycles. The number of aromatic nitrogens is 1. The van der Waals surface area contributed by atoms with Gasteiger partial charge in [-0.05, 0) is 6.07 Å². The van der Waals surface area contributed by atoms with Gasteiger partial charge in [-0.2, -0.15) is 5.26 Å². The molecule has 0 radical (unpaired) electrons. The molecule has 0 fully saturated rings. The maximum absolute atomic E-state index is 10.7. The average Bonchev–Trinajstić information content (AvgIpc) is 2.27. The first-order chi connectivity index (χ1) is 7.24. The molecular formula is C10H5N3O2. The van der Waals surface area contributed by atoms with E-state index in [-0.39, 0.29) is 11.2 Å². The summed E-state index contributed by atoms with van der Waals surface area (Å²) >= 11 is 0. The van der Waals surface area contributed by atoms with Crippen LogP contribution in [-0.2, 0) is 0 Å². The highest BCUT2D eigenvalue weighted by Gasteiger charge is 2.13. The van der Waals surface area contributed by atoms with Crippen LogP contribution < -0.4 is 0 Å². The van der Waals surface area contributed by atoms with Crippen LogP contribution >= 0.6 is 0 Å². The normalized spacial score (nSPS) is 9.80. The van der Waals surface area contributed by atoms with Crippen molar-refractivity contribution < 1.29 is 4.92 Å². The molecule has 0 aliphatic rings. The van der Waals surface area contributed by atoms with E-state index in [1.807, 2.05) is 6.07 Å². The Morgan fingerprint density at radius 3 is 2.87 bits per heavy atom. The summed E-state index contributed by atoms with van der Waals surface area (Å²) < 4.78 is 0. The minimum absolute atomic E-state index is 0.0791. The molecule has 0 bridgehead atoms. The molecule has 2 rings (SSSR count). The number of benzene rings is 1. The number of hydrogen-bond acceptors (Lipinski definition) is 4. The summed E-state index contributed by atoms with van der Waals surface area (Å²) in [4.78, 5) is 14.1. The summed E-state index contributed by atoms with van der Waals surface area (Å²) in [5, 5.41) is 20.0. The highest BCUT2D eigenvalue weighted by molar-refractivity contribution is 5.91. The van der Waals surface area contributed by atoms with E-state index in [1.54, 1.807) is 12.1 Å². The van der Waals surface area contributed by atoms with Crippen molar-refractivity contribution in [3.05, 3.63) is 46.1 Å². The SMILES string of the molecule is N#Cc1ccnc2c([N+](=O)[O-])cccc12. The zero-order valence-corrected chi connectivity index (χ0v) is 7.54. The van der Waals surface area contributed by atoms with Gasteiger partial charge in [0.2, 0.25) is 0 Å². The average molecular weight is 199 g/mol. The first-order valence-corrected chi connectivity index (χ1v) is 4.16. The fourth-order valence-electron chi connectivity index (χ4n) is 1.41. The molecular weight excluding hydrogens is 194 g/mol. The number of hydrogen-bond donors (Lipinski definition) is 0. The molecule has 0 atom stereocenters. The number of pyridine rings is 1. The van der Waals surface area contributed by atoms with Gasteiger partial charge in [-0.3, -0.25) is 10.1 Å². The zero-order chi connectivity index (χ0) is 10.8. The predicted octanol–water partition coefficient (Wildman–Crippen LogP) is 2.01. The van der Waals surface area contributed by atoms with Crippen LogP contribution in [0, 0.1) is 21.4 Å². The van der Waals surface area contributed by atoms with E-state index in [9.17, 15) is 10.1 Å². The van der Waals surface area contributed by atoms with Crippen molar-refractivity contribution in [1.82, 2.24) is 4.98 Å². The van der Waals surface area contributed by atoms with Crippen molar-refractivity contribution in [2.24, 2.45) is 0 Å². The van der Waals surface area contributed by atoms with E-state index in [0.29, 0.717) is 10.9 Å². The molecule has 5 nitrogen and oxygen atoms in total. The summed E-state index contributed by atoms with van der Waals surface area (Å²) in [6.07, 6.45) is 1.40. The molecule has 0 unspecified atom stereocenters. The third-order valence-electron chi connectivity index (χ3n) is 2.07. The standard InChI is InChI=1S/C10H5N3O2/c11-6-7-4-5-12-10-8(7)2-1-3-9(10)13(14)15/h1-5H. The number of fused-ring (bicyclic) bond motifs is 1. The number of non-ortho nitro benzene ring substituents is 1. The van der Waals surface area contributed by atoms with E-state index in [4.69, 9.17) is 5.26 Å². The van der Waals surface area contributed by atoms with Crippen LogP contribution in [-0.4, -0.2) is 9.91 Å². The first-order valence-electron chi connectivity index (χ1n) is 4.16. The van der Waals surface area contributed by atoms with Gasteiger partial charge in [-0.25, -0.2) is 4.98 Å². The van der Waals surface area contributed by atoms with Crippen molar-refractivity contribution >= 4 is 16.6 Å². The van der Waals surface area contributed by atoms with E-state index in [1.165, 1.54) is 18.3 Å². The lowest BCUT2D eigenvalue weighted by molar-refractivity contribution is -0.383. The third-order valence-corrected chi connectivity index (χ3v) is 2.07. The molecule has 2 aromatic rings.